The van der Waals surface area contributed by atoms with E-state index < -0.39 is 0 Å². The van der Waals surface area contributed by atoms with Gasteiger partial charge in [0.05, 0.1) is 6.04 Å². The number of amides is 1. The number of carbonyl (C=O) groups is 1. The highest BCUT2D eigenvalue weighted by atomic mass is 16.1. The Kier molecular flexibility index (Phi) is 4.83. The van der Waals surface area contributed by atoms with Gasteiger partial charge in [0.15, 0.2) is 0 Å². The second-order valence-corrected chi connectivity index (χ2v) is 5.59. The number of rotatable bonds is 3. The van der Waals surface area contributed by atoms with Crippen molar-refractivity contribution in [2.24, 2.45) is 5.92 Å². The Labute approximate surface area is 115 Å². The van der Waals surface area contributed by atoms with Crippen molar-refractivity contribution in [3.63, 3.8) is 0 Å². The summed E-state index contributed by atoms with van der Waals surface area (Å²) >= 11 is 0. The van der Waals surface area contributed by atoms with Crippen LogP contribution in [0.1, 0.15) is 57.1 Å². The van der Waals surface area contributed by atoms with Crippen molar-refractivity contribution in [1.29, 1.82) is 0 Å². The Morgan fingerprint density at radius 2 is 1.95 bits per heavy atom. The van der Waals surface area contributed by atoms with Crippen LogP contribution in [0.15, 0.2) is 24.3 Å². The fourth-order valence-corrected chi connectivity index (χ4v) is 2.78. The van der Waals surface area contributed by atoms with Crippen LogP contribution in [0.4, 0.5) is 5.69 Å². The third kappa shape index (κ3) is 3.98. The molecule has 1 aliphatic rings. The summed E-state index contributed by atoms with van der Waals surface area (Å²) in [6.07, 6.45) is 6.99. The minimum Gasteiger partial charge on any atom is -0.399 e. The van der Waals surface area contributed by atoms with Crippen LogP contribution < -0.4 is 11.1 Å². The molecule has 19 heavy (non-hydrogen) atoms. The van der Waals surface area contributed by atoms with Crippen LogP contribution in [0.2, 0.25) is 0 Å². The topological polar surface area (TPSA) is 55.1 Å². The van der Waals surface area contributed by atoms with Crippen molar-refractivity contribution < 1.29 is 4.79 Å². The average Bonchev–Trinajstić information content (AvgIpc) is 2.67. The van der Waals surface area contributed by atoms with Crippen LogP contribution >= 0.6 is 0 Å². The first-order valence-electron chi connectivity index (χ1n) is 7.32. The summed E-state index contributed by atoms with van der Waals surface area (Å²) in [6.45, 7) is 2.02. The summed E-state index contributed by atoms with van der Waals surface area (Å²) in [6, 6.07) is 7.76. The van der Waals surface area contributed by atoms with Crippen molar-refractivity contribution in [2.75, 3.05) is 5.73 Å². The van der Waals surface area contributed by atoms with Gasteiger partial charge in [-0.05, 0) is 37.5 Å². The molecule has 1 fully saturated rings. The Bertz CT molecular complexity index is 423. The van der Waals surface area contributed by atoms with Gasteiger partial charge in [-0.2, -0.15) is 0 Å². The van der Waals surface area contributed by atoms with Gasteiger partial charge in [0, 0.05) is 11.6 Å². The molecule has 1 amide bonds. The van der Waals surface area contributed by atoms with Gasteiger partial charge < -0.3 is 11.1 Å². The summed E-state index contributed by atoms with van der Waals surface area (Å²) in [4.78, 5) is 12.3. The maximum atomic E-state index is 12.3. The minimum absolute atomic E-state index is 0.0271. The molecule has 3 nitrogen and oxygen atoms in total. The summed E-state index contributed by atoms with van der Waals surface area (Å²) in [5, 5.41) is 3.13. The van der Waals surface area contributed by atoms with Crippen LogP contribution in [0.3, 0.4) is 0 Å². The normalized spacial score (nSPS) is 18.6. The van der Waals surface area contributed by atoms with Crippen molar-refractivity contribution in [2.45, 2.75) is 51.5 Å². The summed E-state index contributed by atoms with van der Waals surface area (Å²) in [5.74, 6) is 0.405. The van der Waals surface area contributed by atoms with E-state index in [1.807, 2.05) is 31.2 Å². The highest BCUT2D eigenvalue weighted by Crippen LogP contribution is 2.24. The molecule has 3 heteroatoms. The quantitative estimate of drug-likeness (QED) is 0.646. The molecule has 0 spiro atoms. The zero-order valence-corrected chi connectivity index (χ0v) is 11.7. The molecule has 3 N–H and O–H groups in total. The Balaban J connectivity index is 1.94. The third-order valence-corrected chi connectivity index (χ3v) is 4.00. The van der Waals surface area contributed by atoms with Crippen LogP contribution in [0.25, 0.3) is 0 Å². The molecule has 0 heterocycles. The largest absolute Gasteiger partial charge is 0.399 e. The smallest absolute Gasteiger partial charge is 0.223 e. The molecule has 1 atom stereocenters. The highest BCUT2D eigenvalue weighted by molar-refractivity contribution is 5.79. The molecule has 0 aliphatic heterocycles. The second-order valence-electron chi connectivity index (χ2n) is 5.59. The van der Waals surface area contributed by atoms with E-state index in [1.165, 1.54) is 25.7 Å². The lowest BCUT2D eigenvalue weighted by Crippen LogP contribution is -2.32. The fraction of sp³-hybridized carbons (Fsp3) is 0.562. The molecule has 1 unspecified atom stereocenters. The lowest BCUT2D eigenvalue weighted by atomic mass is 9.98. The van der Waals surface area contributed by atoms with E-state index in [9.17, 15) is 4.79 Å². The molecular formula is C16H24N2O. The lowest BCUT2D eigenvalue weighted by molar-refractivity contribution is -0.126. The van der Waals surface area contributed by atoms with E-state index in [0.29, 0.717) is 0 Å². The number of nitrogens with one attached hydrogen (secondary N) is 1. The standard InChI is InChI=1S/C16H24N2O/c1-12(14-9-6-10-15(17)11-14)18-16(19)13-7-4-2-3-5-8-13/h6,9-13H,2-5,7-8,17H2,1H3,(H,18,19). The predicted molar refractivity (Wildman–Crippen MR) is 78.6 cm³/mol. The fourth-order valence-electron chi connectivity index (χ4n) is 2.78. The van der Waals surface area contributed by atoms with Crippen LogP contribution in [-0.2, 0) is 4.79 Å². The van der Waals surface area contributed by atoms with Crippen LogP contribution in [0.5, 0.6) is 0 Å². The van der Waals surface area contributed by atoms with Crippen LogP contribution in [-0.4, -0.2) is 5.91 Å². The van der Waals surface area contributed by atoms with E-state index >= 15 is 0 Å². The third-order valence-electron chi connectivity index (χ3n) is 4.00. The monoisotopic (exact) mass is 260 g/mol. The van der Waals surface area contributed by atoms with E-state index in [4.69, 9.17) is 5.73 Å². The molecule has 1 aromatic rings. The van der Waals surface area contributed by atoms with E-state index in [0.717, 1.165) is 24.1 Å². The Morgan fingerprint density at radius 3 is 2.58 bits per heavy atom. The first kappa shape index (κ1) is 13.9. The number of nitrogen functional groups attached to an aromatic ring is 1. The van der Waals surface area contributed by atoms with Crippen molar-refractivity contribution in [1.82, 2.24) is 5.32 Å². The van der Waals surface area contributed by atoms with Gasteiger partial charge in [-0.15, -0.1) is 0 Å². The molecular weight excluding hydrogens is 236 g/mol. The summed E-state index contributed by atoms with van der Waals surface area (Å²) in [5.41, 5.74) is 7.59. The maximum absolute atomic E-state index is 12.3. The molecule has 0 bridgehead atoms. The van der Waals surface area contributed by atoms with Gasteiger partial charge in [0.2, 0.25) is 5.91 Å². The first-order chi connectivity index (χ1) is 9.16. The van der Waals surface area contributed by atoms with Gasteiger partial charge in [0.25, 0.3) is 0 Å². The van der Waals surface area contributed by atoms with Gasteiger partial charge in [-0.3, -0.25) is 4.79 Å². The first-order valence-corrected chi connectivity index (χ1v) is 7.32. The number of benzene rings is 1. The van der Waals surface area contributed by atoms with Crippen molar-refractivity contribution in [3.05, 3.63) is 29.8 Å². The number of hydrogen-bond acceptors (Lipinski definition) is 2. The number of hydrogen-bond donors (Lipinski definition) is 2. The second kappa shape index (κ2) is 6.60. The minimum atomic E-state index is 0.0271. The Morgan fingerprint density at radius 1 is 1.26 bits per heavy atom. The zero-order valence-electron chi connectivity index (χ0n) is 11.7. The molecule has 1 saturated carbocycles. The molecule has 0 aromatic heterocycles. The lowest BCUT2D eigenvalue weighted by Gasteiger charge is -2.19. The molecule has 0 radical (unpaired) electrons. The van der Waals surface area contributed by atoms with Crippen molar-refractivity contribution in [3.8, 4) is 0 Å². The molecule has 0 saturated heterocycles. The van der Waals surface area contributed by atoms with Gasteiger partial charge >= 0.3 is 0 Å². The maximum Gasteiger partial charge on any atom is 0.223 e. The molecule has 104 valence electrons. The van der Waals surface area contributed by atoms with Crippen LogP contribution in [0, 0.1) is 5.92 Å². The summed E-state index contributed by atoms with van der Waals surface area (Å²) < 4.78 is 0. The highest BCUT2D eigenvalue weighted by Gasteiger charge is 2.21. The number of carbonyl (C=O) groups excluding carboxylic acids is 1. The summed E-state index contributed by atoms with van der Waals surface area (Å²) in [7, 11) is 0. The van der Waals surface area contributed by atoms with E-state index in [1.54, 1.807) is 0 Å². The van der Waals surface area contributed by atoms with Gasteiger partial charge in [0.1, 0.15) is 0 Å². The van der Waals surface area contributed by atoms with E-state index in [2.05, 4.69) is 5.32 Å². The SMILES string of the molecule is CC(NC(=O)C1CCCCCC1)c1cccc(N)c1. The molecule has 2 rings (SSSR count). The number of anilines is 1. The zero-order chi connectivity index (χ0) is 13.7. The average molecular weight is 260 g/mol. The van der Waals surface area contributed by atoms with Crippen molar-refractivity contribution >= 4 is 11.6 Å². The number of nitrogens with two attached hydrogens (primary N) is 1. The van der Waals surface area contributed by atoms with Gasteiger partial charge in [-0.25, -0.2) is 0 Å². The van der Waals surface area contributed by atoms with E-state index in [-0.39, 0.29) is 17.9 Å². The Hall–Kier alpha value is -1.51. The molecule has 1 aromatic carbocycles. The molecule has 1 aliphatic carbocycles. The van der Waals surface area contributed by atoms with Gasteiger partial charge in [-0.1, -0.05) is 37.8 Å². The predicted octanol–water partition coefficient (Wildman–Crippen LogP) is 3.42.